The van der Waals surface area contributed by atoms with Crippen LogP contribution in [0, 0.1) is 0 Å². The van der Waals surface area contributed by atoms with Crippen molar-refractivity contribution >= 4 is 0 Å². The molecule has 0 aliphatic heterocycles. The molecule has 2 aromatic carbocycles. The van der Waals surface area contributed by atoms with Gasteiger partial charge in [-0.1, -0.05) is 81.1 Å². The highest BCUT2D eigenvalue weighted by atomic mass is 16.3. The van der Waals surface area contributed by atoms with E-state index < -0.39 is 11.2 Å². The van der Waals surface area contributed by atoms with Gasteiger partial charge in [0, 0.05) is 6.42 Å². The summed E-state index contributed by atoms with van der Waals surface area (Å²) in [6.45, 7) is 8.01. The van der Waals surface area contributed by atoms with Crippen LogP contribution >= 0.6 is 0 Å². The minimum Gasteiger partial charge on any atom is -0.385 e. The molecule has 0 fully saturated rings. The Kier molecular flexibility index (Phi) is 5.40. The Balaban J connectivity index is 2.32. The van der Waals surface area contributed by atoms with Crippen LogP contribution in [0.4, 0.5) is 0 Å². The molecular weight excluding hydrogens is 284 g/mol. The Morgan fingerprint density at radius 3 is 1.74 bits per heavy atom. The first kappa shape index (κ1) is 17.5. The third-order valence-corrected chi connectivity index (χ3v) is 4.75. The highest BCUT2D eigenvalue weighted by Gasteiger charge is 2.36. The Morgan fingerprint density at radius 1 is 0.826 bits per heavy atom. The van der Waals surface area contributed by atoms with Gasteiger partial charge in [-0.25, -0.2) is 0 Å². The van der Waals surface area contributed by atoms with E-state index in [2.05, 4.69) is 6.58 Å². The van der Waals surface area contributed by atoms with Crippen LogP contribution in [0.25, 0.3) is 0 Å². The topological polar surface area (TPSA) is 40.5 Å². The Labute approximate surface area is 139 Å². The van der Waals surface area contributed by atoms with Gasteiger partial charge in [0.15, 0.2) is 0 Å². The largest absolute Gasteiger partial charge is 0.385 e. The van der Waals surface area contributed by atoms with Crippen LogP contribution in [-0.4, -0.2) is 10.2 Å². The van der Waals surface area contributed by atoms with E-state index in [0.717, 1.165) is 11.1 Å². The van der Waals surface area contributed by atoms with E-state index >= 15 is 0 Å². The first-order valence-corrected chi connectivity index (χ1v) is 8.20. The molecule has 0 aromatic heterocycles. The fourth-order valence-corrected chi connectivity index (χ4v) is 3.05. The second-order valence-electron chi connectivity index (χ2n) is 6.11. The van der Waals surface area contributed by atoms with Crippen molar-refractivity contribution in [2.75, 3.05) is 0 Å². The second-order valence-corrected chi connectivity index (χ2v) is 6.11. The fourth-order valence-electron chi connectivity index (χ4n) is 3.05. The van der Waals surface area contributed by atoms with Gasteiger partial charge in [-0.2, -0.15) is 0 Å². The lowest BCUT2D eigenvalue weighted by molar-refractivity contribution is 0.00742. The molecule has 0 saturated heterocycles. The molecular formula is C21H26O2. The molecule has 0 heterocycles. The molecule has 0 radical (unpaired) electrons. The zero-order valence-corrected chi connectivity index (χ0v) is 14.0. The zero-order chi connectivity index (χ0) is 16.9. The molecule has 2 aromatic rings. The van der Waals surface area contributed by atoms with E-state index in [1.165, 1.54) is 0 Å². The van der Waals surface area contributed by atoms with Crippen LogP contribution in [-0.2, 0) is 11.2 Å². The number of benzene rings is 2. The van der Waals surface area contributed by atoms with Gasteiger partial charge in [-0.15, -0.1) is 0 Å². The number of rotatable bonds is 7. The minimum absolute atomic E-state index is 0.326. The molecule has 23 heavy (non-hydrogen) atoms. The maximum Gasteiger partial charge on any atom is 0.110 e. The highest BCUT2D eigenvalue weighted by molar-refractivity contribution is 5.34. The number of aliphatic hydroxyl groups is 2. The smallest absolute Gasteiger partial charge is 0.110 e. The van der Waals surface area contributed by atoms with Crippen molar-refractivity contribution < 1.29 is 10.2 Å². The van der Waals surface area contributed by atoms with E-state index in [-0.39, 0.29) is 0 Å². The van der Waals surface area contributed by atoms with Gasteiger partial charge in [0.05, 0.1) is 5.60 Å². The monoisotopic (exact) mass is 310 g/mol. The summed E-state index contributed by atoms with van der Waals surface area (Å²) in [7, 11) is 0. The molecule has 0 saturated carbocycles. The summed E-state index contributed by atoms with van der Waals surface area (Å²) in [5.41, 5.74) is 0.170. The Hall–Kier alpha value is -1.90. The average Bonchev–Trinajstić information content (AvgIpc) is 2.62. The zero-order valence-electron chi connectivity index (χ0n) is 14.0. The van der Waals surface area contributed by atoms with E-state index in [1.54, 1.807) is 0 Å². The first-order chi connectivity index (χ1) is 11.0. The third-order valence-electron chi connectivity index (χ3n) is 4.75. The summed E-state index contributed by atoms with van der Waals surface area (Å²) < 4.78 is 0. The first-order valence-electron chi connectivity index (χ1n) is 8.20. The summed E-state index contributed by atoms with van der Waals surface area (Å²) in [5.74, 6) is 0. The van der Waals surface area contributed by atoms with Crippen LogP contribution in [0.1, 0.15) is 44.2 Å². The maximum atomic E-state index is 11.2. The van der Waals surface area contributed by atoms with Crippen LogP contribution in [0.5, 0.6) is 0 Å². The van der Waals surface area contributed by atoms with Crippen molar-refractivity contribution in [2.45, 2.75) is 44.3 Å². The Morgan fingerprint density at radius 2 is 1.30 bits per heavy atom. The molecule has 0 unspecified atom stereocenters. The van der Waals surface area contributed by atoms with Gasteiger partial charge in [0.1, 0.15) is 5.60 Å². The van der Waals surface area contributed by atoms with E-state index in [9.17, 15) is 10.2 Å². The third kappa shape index (κ3) is 3.54. The van der Waals surface area contributed by atoms with Gasteiger partial charge < -0.3 is 10.2 Å². The molecule has 0 bridgehead atoms. The van der Waals surface area contributed by atoms with Crippen molar-refractivity contribution in [3.63, 3.8) is 0 Å². The van der Waals surface area contributed by atoms with E-state index in [4.69, 9.17) is 0 Å². The maximum absolute atomic E-state index is 11.2. The van der Waals surface area contributed by atoms with Crippen molar-refractivity contribution in [1.82, 2.24) is 0 Å². The standard InChI is InChI=1S/C21H26O2/c1-4-20(22,18-12-8-6-9-13-18)16-17(3)21(23,5-2)19-14-10-7-11-15-19/h6-15,22-23H,3-5,16H2,1-2H3/t20-,21+/m0/s1. The highest BCUT2D eigenvalue weighted by Crippen LogP contribution is 2.40. The van der Waals surface area contributed by atoms with E-state index in [0.29, 0.717) is 24.8 Å². The molecule has 0 amide bonds. The summed E-state index contributed by atoms with van der Waals surface area (Å²) in [5, 5.41) is 22.3. The minimum atomic E-state index is -1.13. The normalized spacial score (nSPS) is 16.3. The molecule has 2 atom stereocenters. The van der Waals surface area contributed by atoms with Crippen molar-refractivity contribution in [3.05, 3.63) is 83.9 Å². The number of hydrogen-bond acceptors (Lipinski definition) is 2. The predicted molar refractivity (Wildman–Crippen MR) is 95.0 cm³/mol. The molecule has 2 heteroatoms. The summed E-state index contributed by atoms with van der Waals surface area (Å²) in [4.78, 5) is 0. The molecule has 2 N–H and O–H groups in total. The van der Waals surface area contributed by atoms with Gasteiger partial charge in [-0.05, 0) is 29.5 Å². The Bertz CT molecular complexity index is 635. The quantitative estimate of drug-likeness (QED) is 0.738. The lowest BCUT2D eigenvalue weighted by atomic mass is 9.76. The summed E-state index contributed by atoms with van der Waals surface area (Å²) in [6, 6.07) is 19.2. The SMILES string of the molecule is C=C(C[C@@](O)(CC)c1ccccc1)[C@](O)(CC)c1ccccc1. The average molecular weight is 310 g/mol. The summed E-state index contributed by atoms with van der Waals surface area (Å²) in [6.07, 6.45) is 1.40. The molecule has 122 valence electrons. The van der Waals surface area contributed by atoms with E-state index in [1.807, 2.05) is 74.5 Å². The molecule has 2 nitrogen and oxygen atoms in total. The van der Waals surface area contributed by atoms with Crippen molar-refractivity contribution in [2.24, 2.45) is 0 Å². The molecule has 2 rings (SSSR count). The van der Waals surface area contributed by atoms with Gasteiger partial charge in [-0.3, -0.25) is 0 Å². The summed E-state index contributed by atoms with van der Waals surface area (Å²) >= 11 is 0. The fraction of sp³-hybridized carbons (Fsp3) is 0.333. The number of hydrogen-bond donors (Lipinski definition) is 2. The molecule has 0 spiro atoms. The van der Waals surface area contributed by atoms with Crippen LogP contribution in [0.2, 0.25) is 0 Å². The van der Waals surface area contributed by atoms with Crippen molar-refractivity contribution in [1.29, 1.82) is 0 Å². The van der Waals surface area contributed by atoms with Crippen LogP contribution < -0.4 is 0 Å². The van der Waals surface area contributed by atoms with Crippen molar-refractivity contribution in [3.8, 4) is 0 Å². The van der Waals surface area contributed by atoms with Crippen LogP contribution in [0.15, 0.2) is 72.8 Å². The van der Waals surface area contributed by atoms with Gasteiger partial charge in [0.25, 0.3) is 0 Å². The second kappa shape index (κ2) is 7.12. The van der Waals surface area contributed by atoms with Gasteiger partial charge in [0.2, 0.25) is 0 Å². The van der Waals surface area contributed by atoms with Gasteiger partial charge >= 0.3 is 0 Å². The molecule has 0 aliphatic rings. The predicted octanol–water partition coefficient (Wildman–Crippen LogP) is 4.53. The lowest BCUT2D eigenvalue weighted by Gasteiger charge is -2.36. The lowest BCUT2D eigenvalue weighted by Crippen LogP contribution is -2.33. The van der Waals surface area contributed by atoms with Crippen LogP contribution in [0.3, 0.4) is 0 Å². The molecule has 0 aliphatic carbocycles.